The Balaban J connectivity index is 2.20. The summed E-state index contributed by atoms with van der Waals surface area (Å²) in [7, 11) is 0. The van der Waals surface area contributed by atoms with Crippen LogP contribution in [0.25, 0.3) is 11.3 Å². The summed E-state index contributed by atoms with van der Waals surface area (Å²) in [5.74, 6) is -0.626. The average Bonchev–Trinajstić information content (AvgIpc) is 2.82. The van der Waals surface area contributed by atoms with Crippen LogP contribution in [0.4, 0.5) is 0 Å². The van der Waals surface area contributed by atoms with Gasteiger partial charge in [-0.05, 0) is 12.1 Å². The summed E-state index contributed by atoms with van der Waals surface area (Å²) in [6, 6.07) is 2.67. The molecule has 1 atom stereocenters. The number of aliphatic carboxylic acids is 1. The minimum absolute atomic E-state index is 0.119. The number of nitrogens with one attached hydrogen (secondary N) is 1. The maximum Gasteiger partial charge on any atom is 0.320 e. The molecule has 2 rings (SSSR count). The molecule has 0 aromatic carbocycles. The minimum atomic E-state index is -1.05. The number of rotatable bonds is 4. The number of aromatic amines is 1. The molecule has 0 radical (unpaired) electrons. The molecule has 4 N–H and O–H groups in total. The Hall–Kier alpha value is -2.21. The van der Waals surface area contributed by atoms with Crippen LogP contribution in [-0.4, -0.2) is 32.1 Å². The van der Waals surface area contributed by atoms with Crippen molar-refractivity contribution in [1.82, 2.24) is 15.0 Å². The highest BCUT2D eigenvalue weighted by molar-refractivity contribution is 5.73. The van der Waals surface area contributed by atoms with Crippen LogP contribution in [0.15, 0.2) is 30.7 Å². The van der Waals surface area contributed by atoms with E-state index in [4.69, 9.17) is 10.8 Å². The molecule has 0 bridgehead atoms. The van der Waals surface area contributed by atoms with Gasteiger partial charge in [0.25, 0.3) is 0 Å². The highest BCUT2D eigenvalue weighted by Gasteiger charge is 2.14. The minimum Gasteiger partial charge on any atom is -0.480 e. The van der Waals surface area contributed by atoms with Gasteiger partial charge in [-0.3, -0.25) is 4.79 Å². The van der Waals surface area contributed by atoms with E-state index in [9.17, 15) is 4.79 Å². The first-order valence-electron chi connectivity index (χ1n) is 5.10. The summed E-state index contributed by atoms with van der Waals surface area (Å²) >= 11 is 0. The summed E-state index contributed by atoms with van der Waals surface area (Å²) < 4.78 is 0. The Morgan fingerprint density at radius 1 is 1.53 bits per heavy atom. The molecule has 1 unspecified atom stereocenters. The van der Waals surface area contributed by atoms with Gasteiger partial charge in [-0.25, -0.2) is 9.97 Å². The number of nitrogens with two attached hydrogens (primary N) is 1. The van der Waals surface area contributed by atoms with Crippen molar-refractivity contribution in [1.29, 1.82) is 0 Å². The zero-order valence-electron chi connectivity index (χ0n) is 9.00. The van der Waals surface area contributed by atoms with Gasteiger partial charge in [-0.1, -0.05) is 0 Å². The molecular weight excluding hydrogens is 220 g/mol. The van der Waals surface area contributed by atoms with Crippen LogP contribution in [0, 0.1) is 0 Å². The van der Waals surface area contributed by atoms with E-state index in [1.807, 2.05) is 12.3 Å². The average molecular weight is 232 g/mol. The first-order valence-corrected chi connectivity index (χ1v) is 5.10. The van der Waals surface area contributed by atoms with E-state index < -0.39 is 12.0 Å². The van der Waals surface area contributed by atoms with Crippen LogP contribution in [-0.2, 0) is 11.2 Å². The van der Waals surface area contributed by atoms with Crippen LogP contribution in [0.5, 0.6) is 0 Å². The van der Waals surface area contributed by atoms with Crippen LogP contribution in [0.2, 0.25) is 0 Å². The fourth-order valence-corrected chi connectivity index (χ4v) is 1.43. The molecule has 88 valence electrons. The highest BCUT2D eigenvalue weighted by atomic mass is 16.4. The monoisotopic (exact) mass is 232 g/mol. The second-order valence-electron chi connectivity index (χ2n) is 3.61. The first kappa shape index (κ1) is 11.3. The van der Waals surface area contributed by atoms with Crippen LogP contribution >= 0.6 is 0 Å². The lowest BCUT2D eigenvalue weighted by molar-refractivity contribution is -0.138. The van der Waals surface area contributed by atoms with Crippen molar-refractivity contribution in [2.24, 2.45) is 5.73 Å². The maximum atomic E-state index is 10.6. The van der Waals surface area contributed by atoms with Gasteiger partial charge in [0.1, 0.15) is 11.9 Å². The Morgan fingerprint density at radius 3 is 3.00 bits per heavy atom. The van der Waals surface area contributed by atoms with Gasteiger partial charge in [-0.15, -0.1) is 0 Å². The number of carbonyl (C=O) groups is 1. The predicted molar refractivity (Wildman–Crippen MR) is 61.1 cm³/mol. The molecule has 0 saturated carbocycles. The smallest absolute Gasteiger partial charge is 0.320 e. The lowest BCUT2D eigenvalue weighted by atomic mass is 10.2. The molecule has 0 spiro atoms. The summed E-state index contributed by atoms with van der Waals surface area (Å²) in [6.07, 6.45) is 5.32. The first-order chi connectivity index (χ1) is 8.16. The lowest BCUT2D eigenvalue weighted by Gasteiger charge is -2.05. The van der Waals surface area contributed by atoms with Gasteiger partial charge in [-0.2, -0.15) is 0 Å². The highest BCUT2D eigenvalue weighted by Crippen LogP contribution is 2.15. The van der Waals surface area contributed by atoms with Crippen molar-refractivity contribution in [2.45, 2.75) is 12.5 Å². The van der Waals surface area contributed by atoms with Crippen molar-refractivity contribution < 1.29 is 9.90 Å². The van der Waals surface area contributed by atoms with Crippen LogP contribution < -0.4 is 5.73 Å². The molecular formula is C11H12N4O2. The Labute approximate surface area is 97.5 Å². The van der Waals surface area contributed by atoms with Gasteiger partial charge in [0, 0.05) is 30.6 Å². The van der Waals surface area contributed by atoms with E-state index in [1.54, 1.807) is 18.5 Å². The van der Waals surface area contributed by atoms with E-state index in [0.29, 0.717) is 5.82 Å². The SMILES string of the molecule is NC(Cc1nccc(-c2cc[nH]c2)n1)C(=O)O. The van der Waals surface area contributed by atoms with E-state index in [0.717, 1.165) is 11.3 Å². The maximum absolute atomic E-state index is 10.6. The number of carboxylic acids is 1. The molecule has 0 aliphatic rings. The van der Waals surface area contributed by atoms with Gasteiger partial charge in [0.05, 0.1) is 5.69 Å². The second kappa shape index (κ2) is 4.75. The molecule has 2 heterocycles. The standard InChI is InChI=1S/C11H12N4O2/c12-8(11(16)17)5-10-14-4-2-9(15-10)7-1-3-13-6-7/h1-4,6,8,13H,5,12H2,(H,16,17). The number of hydrogen-bond acceptors (Lipinski definition) is 4. The fourth-order valence-electron chi connectivity index (χ4n) is 1.43. The normalized spacial score (nSPS) is 12.3. The number of aromatic nitrogens is 3. The molecule has 6 nitrogen and oxygen atoms in total. The summed E-state index contributed by atoms with van der Waals surface area (Å²) in [5, 5.41) is 8.71. The topological polar surface area (TPSA) is 105 Å². The quantitative estimate of drug-likeness (QED) is 0.708. The van der Waals surface area contributed by atoms with Crippen molar-refractivity contribution >= 4 is 5.97 Å². The molecule has 17 heavy (non-hydrogen) atoms. The second-order valence-corrected chi connectivity index (χ2v) is 3.61. The zero-order valence-corrected chi connectivity index (χ0v) is 9.00. The van der Waals surface area contributed by atoms with E-state index >= 15 is 0 Å². The Kier molecular flexibility index (Phi) is 3.15. The molecule has 0 amide bonds. The molecule has 2 aromatic rings. The molecule has 0 saturated heterocycles. The third kappa shape index (κ3) is 2.67. The number of hydrogen-bond donors (Lipinski definition) is 3. The van der Waals surface area contributed by atoms with Gasteiger partial charge < -0.3 is 15.8 Å². The molecule has 0 aliphatic carbocycles. The molecule has 0 aliphatic heterocycles. The van der Waals surface area contributed by atoms with Crippen molar-refractivity contribution in [2.75, 3.05) is 0 Å². The van der Waals surface area contributed by atoms with Gasteiger partial charge in [0.2, 0.25) is 0 Å². The zero-order chi connectivity index (χ0) is 12.3. The predicted octanol–water partition coefficient (Wildman–Crippen LogP) is 0.426. The van der Waals surface area contributed by atoms with E-state index in [-0.39, 0.29) is 6.42 Å². The summed E-state index contributed by atoms with van der Waals surface area (Å²) in [4.78, 5) is 21.8. The number of nitrogens with zero attached hydrogens (tertiary/aromatic N) is 2. The Bertz CT molecular complexity index is 510. The third-order valence-electron chi connectivity index (χ3n) is 2.32. The van der Waals surface area contributed by atoms with Crippen LogP contribution in [0.1, 0.15) is 5.82 Å². The van der Waals surface area contributed by atoms with Gasteiger partial charge in [0.15, 0.2) is 0 Å². The third-order valence-corrected chi connectivity index (χ3v) is 2.32. The number of carboxylic acid groups (broad SMARTS) is 1. The van der Waals surface area contributed by atoms with Crippen molar-refractivity contribution in [3.63, 3.8) is 0 Å². The fraction of sp³-hybridized carbons (Fsp3) is 0.182. The van der Waals surface area contributed by atoms with Crippen molar-refractivity contribution in [3.8, 4) is 11.3 Å². The largest absolute Gasteiger partial charge is 0.480 e. The van der Waals surface area contributed by atoms with Gasteiger partial charge >= 0.3 is 5.97 Å². The van der Waals surface area contributed by atoms with E-state index in [2.05, 4.69) is 15.0 Å². The number of H-pyrrole nitrogens is 1. The van der Waals surface area contributed by atoms with Crippen LogP contribution in [0.3, 0.4) is 0 Å². The molecule has 6 heteroatoms. The molecule has 0 fully saturated rings. The lowest BCUT2D eigenvalue weighted by Crippen LogP contribution is -2.32. The Morgan fingerprint density at radius 2 is 2.35 bits per heavy atom. The molecule has 2 aromatic heterocycles. The van der Waals surface area contributed by atoms with E-state index in [1.165, 1.54) is 0 Å². The summed E-state index contributed by atoms with van der Waals surface area (Å²) in [5.41, 5.74) is 7.10. The summed E-state index contributed by atoms with van der Waals surface area (Å²) in [6.45, 7) is 0. The van der Waals surface area contributed by atoms with Crippen molar-refractivity contribution in [3.05, 3.63) is 36.5 Å².